The van der Waals surface area contributed by atoms with Crippen LogP contribution < -0.4 is 0 Å². The van der Waals surface area contributed by atoms with Gasteiger partial charge >= 0.3 is 0 Å². The topological polar surface area (TPSA) is 26.0 Å². The Bertz CT molecular complexity index is 1370. The lowest BCUT2D eigenvalue weighted by Gasteiger charge is -2.22. The number of rotatable bonds is 2. The number of benzene rings is 4. The minimum absolute atomic E-state index is 0.0140. The number of hydrogen-bond acceptors (Lipinski definition) is 2. The van der Waals surface area contributed by atoms with Crippen LogP contribution in [0, 0.1) is 0 Å². The molecular weight excluding hydrogens is 366 g/mol. The molecule has 0 bridgehead atoms. The van der Waals surface area contributed by atoms with Gasteiger partial charge < -0.3 is 4.42 Å². The molecule has 0 fully saturated rings. The number of aromatic nitrogens is 1. The van der Waals surface area contributed by atoms with Gasteiger partial charge in [0.1, 0.15) is 5.52 Å². The second kappa shape index (κ2) is 6.17. The highest BCUT2D eigenvalue weighted by atomic mass is 16.3. The van der Waals surface area contributed by atoms with E-state index in [9.17, 15) is 0 Å². The van der Waals surface area contributed by atoms with Gasteiger partial charge in [0, 0.05) is 11.0 Å². The average Bonchev–Trinajstić information content (AvgIpc) is 3.32. The summed E-state index contributed by atoms with van der Waals surface area (Å²) in [4.78, 5) is 4.61. The van der Waals surface area contributed by atoms with E-state index in [2.05, 4.69) is 85.6 Å². The number of nitrogens with zero attached hydrogens (tertiary/aromatic N) is 1. The van der Waals surface area contributed by atoms with Gasteiger partial charge in [0.15, 0.2) is 5.58 Å². The van der Waals surface area contributed by atoms with Crippen molar-refractivity contribution in [1.82, 2.24) is 4.98 Å². The highest BCUT2D eigenvalue weighted by Crippen LogP contribution is 2.49. The lowest BCUT2D eigenvalue weighted by Crippen LogP contribution is -2.14. The van der Waals surface area contributed by atoms with Crippen molar-refractivity contribution in [2.45, 2.75) is 19.3 Å². The summed E-state index contributed by atoms with van der Waals surface area (Å²) in [6, 6.07) is 32.0. The summed E-state index contributed by atoms with van der Waals surface area (Å²) in [5, 5.41) is 0. The Morgan fingerprint density at radius 2 is 1.30 bits per heavy atom. The third-order valence-corrected chi connectivity index (χ3v) is 6.34. The van der Waals surface area contributed by atoms with E-state index in [0.717, 1.165) is 16.7 Å². The lowest BCUT2D eigenvalue weighted by molar-refractivity contribution is 0.620. The van der Waals surface area contributed by atoms with Gasteiger partial charge in [-0.2, -0.15) is 0 Å². The van der Waals surface area contributed by atoms with Crippen LogP contribution in [0.3, 0.4) is 0 Å². The lowest BCUT2D eigenvalue weighted by atomic mass is 9.81. The first-order valence-corrected chi connectivity index (χ1v) is 10.3. The Kier molecular flexibility index (Phi) is 3.54. The van der Waals surface area contributed by atoms with E-state index >= 15 is 0 Å². The van der Waals surface area contributed by atoms with Gasteiger partial charge in [0.2, 0.25) is 5.89 Å². The Morgan fingerprint density at radius 1 is 0.633 bits per heavy atom. The van der Waals surface area contributed by atoms with Crippen LogP contribution >= 0.6 is 0 Å². The predicted molar refractivity (Wildman–Crippen MR) is 122 cm³/mol. The van der Waals surface area contributed by atoms with Gasteiger partial charge in [-0.1, -0.05) is 74.5 Å². The summed E-state index contributed by atoms with van der Waals surface area (Å²) in [7, 11) is 0. The molecule has 0 spiro atoms. The third-order valence-electron chi connectivity index (χ3n) is 6.34. The van der Waals surface area contributed by atoms with Gasteiger partial charge in [-0.15, -0.1) is 0 Å². The van der Waals surface area contributed by atoms with E-state index < -0.39 is 0 Å². The maximum atomic E-state index is 5.91. The number of para-hydroxylation sites is 2. The van der Waals surface area contributed by atoms with Crippen LogP contribution in [-0.2, 0) is 5.41 Å². The zero-order chi connectivity index (χ0) is 20.3. The second-order valence-electron chi connectivity index (χ2n) is 8.50. The maximum Gasteiger partial charge on any atom is 0.227 e. The molecule has 0 atom stereocenters. The van der Waals surface area contributed by atoms with Crippen molar-refractivity contribution in [3.63, 3.8) is 0 Å². The van der Waals surface area contributed by atoms with E-state index in [4.69, 9.17) is 4.42 Å². The molecule has 2 nitrogen and oxygen atoms in total. The molecular formula is C28H21NO. The van der Waals surface area contributed by atoms with Crippen molar-refractivity contribution < 1.29 is 4.42 Å². The predicted octanol–water partition coefficient (Wildman–Crippen LogP) is 7.47. The summed E-state index contributed by atoms with van der Waals surface area (Å²) < 4.78 is 5.91. The smallest absolute Gasteiger partial charge is 0.227 e. The third kappa shape index (κ3) is 2.47. The van der Waals surface area contributed by atoms with Crippen molar-refractivity contribution in [3.05, 3.63) is 102 Å². The molecule has 0 N–H and O–H groups in total. The van der Waals surface area contributed by atoms with Gasteiger partial charge in [-0.3, -0.25) is 0 Å². The summed E-state index contributed by atoms with van der Waals surface area (Å²) in [5.74, 6) is 0.660. The minimum atomic E-state index is 0.0140. The van der Waals surface area contributed by atoms with E-state index in [1.165, 1.54) is 33.4 Å². The summed E-state index contributed by atoms with van der Waals surface area (Å²) in [5.41, 5.74) is 10.6. The van der Waals surface area contributed by atoms with E-state index in [0.29, 0.717) is 5.89 Å². The first kappa shape index (κ1) is 17.2. The zero-order valence-electron chi connectivity index (χ0n) is 17.0. The fourth-order valence-electron chi connectivity index (χ4n) is 4.68. The quantitative estimate of drug-likeness (QED) is 0.314. The molecule has 0 radical (unpaired) electrons. The molecule has 1 heterocycles. The Labute approximate surface area is 175 Å². The zero-order valence-corrected chi connectivity index (χ0v) is 17.0. The van der Waals surface area contributed by atoms with Crippen molar-refractivity contribution in [3.8, 4) is 33.7 Å². The molecule has 1 aromatic heterocycles. The molecule has 4 aromatic carbocycles. The van der Waals surface area contributed by atoms with Crippen LogP contribution in [0.25, 0.3) is 44.8 Å². The molecule has 0 saturated carbocycles. The number of hydrogen-bond donors (Lipinski definition) is 0. The first-order valence-electron chi connectivity index (χ1n) is 10.3. The summed E-state index contributed by atoms with van der Waals surface area (Å²) in [6.45, 7) is 4.63. The molecule has 6 rings (SSSR count). The monoisotopic (exact) mass is 387 g/mol. The summed E-state index contributed by atoms with van der Waals surface area (Å²) >= 11 is 0. The molecule has 1 aliphatic rings. The van der Waals surface area contributed by atoms with E-state index in [1.807, 2.05) is 24.3 Å². The molecule has 0 saturated heterocycles. The van der Waals surface area contributed by atoms with Crippen LogP contribution in [0.1, 0.15) is 25.0 Å². The van der Waals surface area contributed by atoms with E-state index in [1.54, 1.807) is 0 Å². The average molecular weight is 387 g/mol. The Balaban J connectivity index is 1.39. The van der Waals surface area contributed by atoms with E-state index in [-0.39, 0.29) is 5.41 Å². The van der Waals surface area contributed by atoms with Crippen LogP contribution in [-0.4, -0.2) is 4.98 Å². The molecule has 1 aliphatic carbocycles. The fraction of sp³-hybridized carbons (Fsp3) is 0.107. The van der Waals surface area contributed by atoms with Crippen molar-refractivity contribution >= 4 is 11.1 Å². The van der Waals surface area contributed by atoms with Gasteiger partial charge in [0.25, 0.3) is 0 Å². The molecule has 5 aromatic rings. The van der Waals surface area contributed by atoms with Crippen molar-refractivity contribution in [2.24, 2.45) is 0 Å². The first-order chi connectivity index (χ1) is 14.6. The van der Waals surface area contributed by atoms with Crippen molar-refractivity contribution in [2.75, 3.05) is 0 Å². The summed E-state index contributed by atoms with van der Waals surface area (Å²) in [6.07, 6.45) is 0. The normalized spacial score (nSPS) is 13.9. The highest BCUT2D eigenvalue weighted by molar-refractivity contribution is 5.84. The highest BCUT2D eigenvalue weighted by Gasteiger charge is 2.35. The molecule has 0 aliphatic heterocycles. The van der Waals surface area contributed by atoms with Crippen LogP contribution in [0.2, 0.25) is 0 Å². The van der Waals surface area contributed by atoms with Gasteiger partial charge in [0.05, 0.1) is 0 Å². The molecule has 144 valence electrons. The molecule has 0 amide bonds. The van der Waals surface area contributed by atoms with Gasteiger partial charge in [-0.25, -0.2) is 4.98 Å². The van der Waals surface area contributed by atoms with Gasteiger partial charge in [-0.05, 0) is 63.7 Å². The Hall–Kier alpha value is -3.65. The second-order valence-corrected chi connectivity index (χ2v) is 8.50. The maximum absolute atomic E-state index is 5.91. The number of oxazole rings is 1. The number of fused-ring (bicyclic) bond motifs is 4. The Morgan fingerprint density at radius 3 is 2.13 bits per heavy atom. The van der Waals surface area contributed by atoms with Crippen LogP contribution in [0.5, 0.6) is 0 Å². The van der Waals surface area contributed by atoms with Crippen LogP contribution in [0.15, 0.2) is 95.4 Å². The largest absolute Gasteiger partial charge is 0.436 e. The fourth-order valence-corrected chi connectivity index (χ4v) is 4.68. The standard InChI is InChI=1S/C28H21NO/c1-28(2)23-8-4-3-7-21(23)22-16-15-20(17-24(22)28)18-11-13-19(14-12-18)27-29-25-9-5-6-10-26(25)30-27/h3-17H,1-2H3. The molecule has 0 unspecified atom stereocenters. The SMILES string of the molecule is CC1(C)c2ccccc2-c2ccc(-c3ccc(-c4nc5ccccc5o4)cc3)cc21. The minimum Gasteiger partial charge on any atom is -0.436 e. The van der Waals surface area contributed by atoms with Crippen molar-refractivity contribution in [1.29, 1.82) is 0 Å². The van der Waals surface area contributed by atoms with Crippen LogP contribution in [0.4, 0.5) is 0 Å². The molecule has 2 heteroatoms. The molecule has 30 heavy (non-hydrogen) atoms.